The molecule has 0 aliphatic rings. The van der Waals surface area contributed by atoms with Gasteiger partial charge in [-0.05, 0) is 18.1 Å². The molecule has 0 aliphatic heterocycles. The topological polar surface area (TPSA) is 12.9 Å². The average Bonchev–Trinajstić information content (AvgIpc) is 2.03. The van der Waals surface area contributed by atoms with Crippen LogP contribution in [0.25, 0.3) is 0 Å². The van der Waals surface area contributed by atoms with E-state index in [0.29, 0.717) is 12.0 Å². The fraction of sp³-hybridized carbons (Fsp3) is 0.375. The fourth-order valence-electron chi connectivity index (χ4n) is 0.906. The second-order valence-corrected chi connectivity index (χ2v) is 2.92. The monoisotopic (exact) mass is 209 g/mol. The third-order valence-corrected chi connectivity index (χ3v) is 1.95. The highest BCUT2D eigenvalue weighted by Crippen LogP contribution is 2.29. The Morgan fingerprint density at radius 1 is 1.46 bits per heavy atom. The van der Waals surface area contributed by atoms with Gasteiger partial charge in [-0.3, -0.25) is 4.98 Å². The Labute approximate surface area is 78.5 Å². The molecule has 0 aromatic carbocycles. The van der Waals surface area contributed by atoms with Gasteiger partial charge in [-0.1, -0.05) is 18.5 Å². The van der Waals surface area contributed by atoms with Crippen LogP contribution in [0, 0.1) is 0 Å². The lowest BCUT2D eigenvalue weighted by molar-refractivity contribution is -0.141. The minimum atomic E-state index is -4.39. The first-order valence-electron chi connectivity index (χ1n) is 3.66. The third kappa shape index (κ3) is 2.34. The van der Waals surface area contributed by atoms with Crippen LogP contribution in [-0.2, 0) is 12.6 Å². The maximum absolute atomic E-state index is 12.1. The van der Waals surface area contributed by atoms with E-state index in [1.165, 1.54) is 0 Å². The maximum atomic E-state index is 12.1. The molecule has 72 valence electrons. The molecule has 0 atom stereocenters. The minimum absolute atomic E-state index is 0.274. The van der Waals surface area contributed by atoms with E-state index in [9.17, 15) is 13.2 Å². The van der Waals surface area contributed by atoms with E-state index in [2.05, 4.69) is 4.98 Å². The van der Waals surface area contributed by atoms with E-state index in [1.807, 2.05) is 0 Å². The summed E-state index contributed by atoms with van der Waals surface area (Å²) in [5.74, 6) is 0. The number of alkyl halides is 3. The normalized spacial score (nSPS) is 11.8. The summed E-state index contributed by atoms with van der Waals surface area (Å²) in [7, 11) is 0. The van der Waals surface area contributed by atoms with Crippen LogP contribution in [0.5, 0.6) is 0 Å². The zero-order valence-electron chi connectivity index (χ0n) is 6.82. The molecule has 0 N–H and O–H groups in total. The van der Waals surface area contributed by atoms with Gasteiger partial charge in [-0.2, -0.15) is 13.2 Å². The van der Waals surface area contributed by atoms with E-state index < -0.39 is 11.9 Å². The molecule has 0 amide bonds. The molecule has 0 radical (unpaired) electrons. The standard InChI is InChI=1S/C8H7ClF3N/c1-2-5-3-7(8(10,11)12)13-4-6(5)9/h3-4H,2H2,1H3. The van der Waals surface area contributed by atoms with Crippen LogP contribution in [0.15, 0.2) is 12.3 Å². The molecule has 1 nitrogen and oxygen atoms in total. The lowest BCUT2D eigenvalue weighted by atomic mass is 10.2. The van der Waals surface area contributed by atoms with Crippen LogP contribution < -0.4 is 0 Å². The summed E-state index contributed by atoms with van der Waals surface area (Å²) < 4.78 is 36.4. The Kier molecular flexibility index (Phi) is 2.81. The summed E-state index contributed by atoms with van der Waals surface area (Å²) in [5.41, 5.74) is -0.433. The first-order chi connectivity index (χ1) is 5.95. The largest absolute Gasteiger partial charge is 0.433 e. The molecule has 0 fully saturated rings. The number of aromatic nitrogens is 1. The van der Waals surface area contributed by atoms with Crippen molar-refractivity contribution in [2.45, 2.75) is 19.5 Å². The van der Waals surface area contributed by atoms with Crippen molar-refractivity contribution in [1.82, 2.24) is 4.98 Å². The second-order valence-electron chi connectivity index (χ2n) is 2.51. The summed E-state index contributed by atoms with van der Waals surface area (Å²) in [4.78, 5) is 3.20. The Bertz CT molecular complexity index is 309. The van der Waals surface area contributed by atoms with Crippen LogP contribution in [0.4, 0.5) is 13.2 Å². The lowest BCUT2D eigenvalue weighted by Gasteiger charge is -2.07. The van der Waals surface area contributed by atoms with E-state index in [1.54, 1.807) is 6.92 Å². The van der Waals surface area contributed by atoms with Crippen molar-refractivity contribution in [3.8, 4) is 0 Å². The Morgan fingerprint density at radius 3 is 2.54 bits per heavy atom. The van der Waals surface area contributed by atoms with Crippen LogP contribution in [0.2, 0.25) is 5.02 Å². The van der Waals surface area contributed by atoms with Gasteiger partial charge >= 0.3 is 6.18 Å². The molecule has 0 aliphatic carbocycles. The number of halogens is 4. The number of aryl methyl sites for hydroxylation is 1. The Hall–Kier alpha value is -0.770. The van der Waals surface area contributed by atoms with Crippen molar-refractivity contribution in [3.05, 3.63) is 28.5 Å². The lowest BCUT2D eigenvalue weighted by Crippen LogP contribution is -2.08. The van der Waals surface area contributed by atoms with Crippen LogP contribution >= 0.6 is 11.6 Å². The third-order valence-electron chi connectivity index (χ3n) is 1.61. The van der Waals surface area contributed by atoms with Gasteiger partial charge in [0.15, 0.2) is 0 Å². The molecular weight excluding hydrogens is 203 g/mol. The van der Waals surface area contributed by atoms with Gasteiger partial charge in [0.1, 0.15) is 5.69 Å². The van der Waals surface area contributed by atoms with Gasteiger partial charge in [0.05, 0.1) is 5.02 Å². The smallest absolute Gasteiger partial charge is 0.250 e. The van der Waals surface area contributed by atoms with Gasteiger partial charge in [0.25, 0.3) is 0 Å². The molecule has 1 aromatic heterocycles. The minimum Gasteiger partial charge on any atom is -0.250 e. The molecule has 1 heterocycles. The van der Waals surface area contributed by atoms with Gasteiger partial charge in [0, 0.05) is 6.20 Å². The van der Waals surface area contributed by atoms with Crippen molar-refractivity contribution in [2.24, 2.45) is 0 Å². The number of hydrogen-bond donors (Lipinski definition) is 0. The first kappa shape index (κ1) is 10.3. The summed E-state index contributed by atoms with van der Waals surface area (Å²) in [5, 5.41) is 0.274. The molecule has 5 heteroatoms. The quantitative estimate of drug-likeness (QED) is 0.692. The summed E-state index contributed by atoms with van der Waals surface area (Å²) in [6.07, 6.45) is -2.90. The van der Waals surface area contributed by atoms with Gasteiger partial charge < -0.3 is 0 Å². The molecule has 0 spiro atoms. The Balaban J connectivity index is 3.14. The average molecular weight is 210 g/mol. The van der Waals surface area contributed by atoms with Crippen molar-refractivity contribution in [1.29, 1.82) is 0 Å². The van der Waals surface area contributed by atoms with E-state index >= 15 is 0 Å². The van der Waals surface area contributed by atoms with Crippen LogP contribution in [0.3, 0.4) is 0 Å². The molecule has 0 bridgehead atoms. The van der Waals surface area contributed by atoms with E-state index in [-0.39, 0.29) is 5.02 Å². The zero-order chi connectivity index (χ0) is 10.1. The second kappa shape index (κ2) is 3.54. The number of hydrogen-bond acceptors (Lipinski definition) is 1. The highest BCUT2D eigenvalue weighted by molar-refractivity contribution is 6.31. The molecule has 13 heavy (non-hydrogen) atoms. The van der Waals surface area contributed by atoms with Crippen molar-refractivity contribution in [3.63, 3.8) is 0 Å². The molecule has 0 unspecified atom stereocenters. The zero-order valence-corrected chi connectivity index (χ0v) is 7.58. The number of rotatable bonds is 1. The van der Waals surface area contributed by atoms with E-state index in [4.69, 9.17) is 11.6 Å². The van der Waals surface area contributed by atoms with Crippen LogP contribution in [0.1, 0.15) is 18.2 Å². The van der Waals surface area contributed by atoms with Gasteiger partial charge in [-0.25, -0.2) is 0 Å². The summed E-state index contributed by atoms with van der Waals surface area (Å²) in [6, 6.07) is 0.975. The SMILES string of the molecule is CCc1cc(C(F)(F)F)ncc1Cl. The predicted molar refractivity (Wildman–Crippen MR) is 43.6 cm³/mol. The summed E-state index contributed by atoms with van der Waals surface area (Å²) in [6.45, 7) is 1.74. The van der Waals surface area contributed by atoms with E-state index in [0.717, 1.165) is 12.3 Å². The van der Waals surface area contributed by atoms with Gasteiger partial charge in [0.2, 0.25) is 0 Å². The maximum Gasteiger partial charge on any atom is 0.433 e. The molecule has 1 aromatic rings. The summed E-state index contributed by atoms with van der Waals surface area (Å²) >= 11 is 5.62. The number of nitrogens with zero attached hydrogens (tertiary/aromatic N) is 1. The molecule has 0 saturated carbocycles. The molecular formula is C8H7ClF3N. The van der Waals surface area contributed by atoms with Gasteiger partial charge in [-0.15, -0.1) is 0 Å². The van der Waals surface area contributed by atoms with Crippen molar-refractivity contribution < 1.29 is 13.2 Å². The van der Waals surface area contributed by atoms with Crippen LogP contribution in [-0.4, -0.2) is 4.98 Å². The Morgan fingerprint density at radius 2 is 2.08 bits per heavy atom. The van der Waals surface area contributed by atoms with Crippen molar-refractivity contribution >= 4 is 11.6 Å². The predicted octanol–water partition coefficient (Wildman–Crippen LogP) is 3.32. The molecule has 1 rings (SSSR count). The number of pyridine rings is 1. The highest BCUT2D eigenvalue weighted by atomic mass is 35.5. The fourth-order valence-corrected chi connectivity index (χ4v) is 1.14. The van der Waals surface area contributed by atoms with Crippen molar-refractivity contribution in [2.75, 3.05) is 0 Å². The highest BCUT2D eigenvalue weighted by Gasteiger charge is 2.32. The first-order valence-corrected chi connectivity index (χ1v) is 4.04. The molecule has 0 saturated heterocycles.